The summed E-state index contributed by atoms with van der Waals surface area (Å²) in [6, 6.07) is 11.1. The van der Waals surface area contributed by atoms with Gasteiger partial charge in [-0.05, 0) is 42.1 Å². The zero-order valence-electron chi connectivity index (χ0n) is 14.0. The third kappa shape index (κ3) is 4.45. The van der Waals surface area contributed by atoms with Gasteiger partial charge in [-0.2, -0.15) is 5.26 Å². The lowest BCUT2D eigenvalue weighted by molar-refractivity contribution is -0.124. The van der Waals surface area contributed by atoms with Crippen LogP contribution in [-0.4, -0.2) is 25.0 Å². The highest BCUT2D eigenvalue weighted by Gasteiger charge is 2.39. The number of hydrogen-bond acceptors (Lipinski definition) is 5. The Morgan fingerprint density at radius 1 is 1.50 bits per heavy atom. The molecule has 2 aromatic rings. The number of nitrogens with one attached hydrogen (secondary N) is 2. The minimum Gasteiger partial charge on any atom is -0.344 e. The number of carbonyl (C=O) groups is 1. The van der Waals surface area contributed by atoms with Crippen LogP contribution < -0.4 is 16.4 Å². The zero-order valence-corrected chi connectivity index (χ0v) is 17.2. The van der Waals surface area contributed by atoms with Gasteiger partial charge in [0.15, 0.2) is 0 Å². The lowest BCUT2D eigenvalue weighted by Crippen LogP contribution is -2.53. The van der Waals surface area contributed by atoms with E-state index in [-0.39, 0.29) is 18.3 Å². The number of nitrogens with two attached hydrogens (primary N) is 1. The Kier molecular flexibility index (Phi) is 7.21. The molecule has 1 saturated heterocycles. The fourth-order valence-electron chi connectivity index (χ4n) is 3.19. The van der Waals surface area contributed by atoms with Crippen molar-refractivity contribution in [3.8, 4) is 6.07 Å². The van der Waals surface area contributed by atoms with E-state index in [0.717, 1.165) is 27.9 Å². The molecular weight excluding hydrogens is 436 g/mol. The summed E-state index contributed by atoms with van der Waals surface area (Å²) in [5, 5.41) is 17.9. The number of rotatable bonds is 5. The van der Waals surface area contributed by atoms with E-state index in [1.165, 1.54) is 0 Å². The molecule has 0 saturated carbocycles. The van der Waals surface area contributed by atoms with Crippen LogP contribution in [0.25, 0.3) is 0 Å². The number of nitrogens with zero attached hydrogens (tertiary/aromatic N) is 1. The molecule has 1 aliphatic heterocycles. The molecule has 1 aliphatic rings. The summed E-state index contributed by atoms with van der Waals surface area (Å²) in [5.74, 6) is -0.191. The molecule has 0 aliphatic carbocycles. The number of benzene rings is 1. The molecule has 0 spiro atoms. The highest BCUT2D eigenvalue weighted by molar-refractivity contribution is 9.10. The maximum absolute atomic E-state index is 12.7. The predicted octanol–water partition coefficient (Wildman–Crippen LogP) is 2.68. The van der Waals surface area contributed by atoms with Crippen LogP contribution in [0, 0.1) is 11.3 Å². The summed E-state index contributed by atoms with van der Waals surface area (Å²) in [6.45, 7) is 1.36. The number of halogens is 2. The fourth-order valence-corrected chi connectivity index (χ4v) is 4.31. The Labute approximate surface area is 171 Å². The van der Waals surface area contributed by atoms with E-state index in [1.54, 1.807) is 17.4 Å². The van der Waals surface area contributed by atoms with Crippen molar-refractivity contribution in [3.05, 3.63) is 56.2 Å². The lowest BCUT2D eigenvalue weighted by atomic mass is 9.85. The first-order valence-corrected chi connectivity index (χ1v) is 9.72. The van der Waals surface area contributed by atoms with Gasteiger partial charge in [0, 0.05) is 22.3 Å². The Balaban J connectivity index is 0.00000243. The minimum absolute atomic E-state index is 0. The average molecular weight is 456 g/mol. The van der Waals surface area contributed by atoms with Crippen LogP contribution in [0.2, 0.25) is 0 Å². The van der Waals surface area contributed by atoms with E-state index in [4.69, 9.17) is 5.73 Å². The van der Waals surface area contributed by atoms with Crippen molar-refractivity contribution in [1.82, 2.24) is 10.6 Å². The molecule has 0 unspecified atom stereocenters. The maximum Gasteiger partial charge on any atom is 0.238 e. The van der Waals surface area contributed by atoms with E-state index >= 15 is 0 Å². The molecule has 8 heteroatoms. The molecular formula is C18H20BrClN4OS. The molecule has 1 aromatic heterocycles. The van der Waals surface area contributed by atoms with Crippen molar-refractivity contribution >= 4 is 45.6 Å². The third-order valence-corrected chi connectivity index (χ3v) is 5.87. The molecule has 1 fully saturated rings. The van der Waals surface area contributed by atoms with E-state index in [2.05, 4.69) is 32.6 Å². The van der Waals surface area contributed by atoms with Gasteiger partial charge in [-0.1, -0.05) is 28.1 Å². The smallest absolute Gasteiger partial charge is 0.238 e. The van der Waals surface area contributed by atoms with Gasteiger partial charge in [0.05, 0.1) is 23.2 Å². The second-order valence-corrected chi connectivity index (χ2v) is 8.14. The molecule has 3 rings (SSSR count). The molecule has 138 valence electrons. The topological polar surface area (TPSA) is 90.9 Å². The Hall–Kier alpha value is -1.43. The van der Waals surface area contributed by atoms with Gasteiger partial charge < -0.3 is 16.4 Å². The molecule has 2 heterocycles. The first-order chi connectivity index (χ1) is 12.0. The second kappa shape index (κ2) is 8.98. The first kappa shape index (κ1) is 20.9. The highest BCUT2D eigenvalue weighted by Crippen LogP contribution is 2.32. The summed E-state index contributed by atoms with van der Waals surface area (Å²) in [7, 11) is 0. The molecule has 1 amide bonds. The standard InChI is InChI=1S/C18H19BrN4OS.ClH/c19-13-3-4-15(12(8-13)10-20)18(5-6-22-11-18)23-17(24)16(21)9-14-2-1-7-25-14;/h1-4,7-8,16,22H,5-6,9,11,21H2,(H,23,24);1H/t16-,18+;/m0./s1. The molecule has 26 heavy (non-hydrogen) atoms. The van der Waals surface area contributed by atoms with Gasteiger partial charge in [0.25, 0.3) is 0 Å². The van der Waals surface area contributed by atoms with E-state index in [9.17, 15) is 10.1 Å². The molecule has 0 radical (unpaired) electrons. The lowest BCUT2D eigenvalue weighted by Gasteiger charge is -2.32. The summed E-state index contributed by atoms with van der Waals surface area (Å²) in [5.41, 5.74) is 6.91. The number of amides is 1. The third-order valence-electron chi connectivity index (χ3n) is 4.47. The van der Waals surface area contributed by atoms with E-state index < -0.39 is 11.6 Å². The first-order valence-electron chi connectivity index (χ1n) is 8.05. The Morgan fingerprint density at radius 2 is 2.31 bits per heavy atom. The molecule has 4 N–H and O–H groups in total. The number of carbonyl (C=O) groups excluding carboxylic acids is 1. The number of thiophene rings is 1. The number of hydrogen-bond donors (Lipinski definition) is 3. The zero-order chi connectivity index (χ0) is 17.9. The van der Waals surface area contributed by atoms with E-state index in [1.807, 2.05) is 29.6 Å². The van der Waals surface area contributed by atoms with Gasteiger partial charge in [-0.3, -0.25) is 4.79 Å². The van der Waals surface area contributed by atoms with E-state index in [0.29, 0.717) is 18.5 Å². The fraction of sp³-hybridized carbons (Fsp3) is 0.333. The van der Waals surface area contributed by atoms with Crippen LogP contribution in [-0.2, 0) is 16.8 Å². The SMILES string of the molecule is Cl.N#Cc1cc(Br)ccc1[C@@]1(NC(=O)[C@@H](N)Cc2cccs2)CCNC1. The summed E-state index contributed by atoms with van der Waals surface area (Å²) in [4.78, 5) is 13.8. The van der Waals surface area contributed by atoms with Gasteiger partial charge in [-0.15, -0.1) is 23.7 Å². The molecule has 5 nitrogen and oxygen atoms in total. The van der Waals surface area contributed by atoms with Crippen LogP contribution in [0.1, 0.15) is 22.4 Å². The average Bonchev–Trinajstić information content (AvgIpc) is 3.27. The van der Waals surface area contributed by atoms with Gasteiger partial charge in [0.2, 0.25) is 5.91 Å². The van der Waals surface area contributed by atoms with Crippen molar-refractivity contribution in [3.63, 3.8) is 0 Å². The summed E-state index contributed by atoms with van der Waals surface area (Å²) < 4.78 is 0.842. The normalized spacial score (nSPS) is 20.0. The van der Waals surface area contributed by atoms with Gasteiger partial charge in [-0.25, -0.2) is 0 Å². The van der Waals surface area contributed by atoms with Gasteiger partial charge >= 0.3 is 0 Å². The van der Waals surface area contributed by atoms with Crippen molar-refractivity contribution in [1.29, 1.82) is 5.26 Å². The van der Waals surface area contributed by atoms with Crippen LogP contribution in [0.3, 0.4) is 0 Å². The van der Waals surface area contributed by atoms with Crippen molar-refractivity contribution in [2.75, 3.05) is 13.1 Å². The molecule has 0 bridgehead atoms. The van der Waals surface area contributed by atoms with Crippen LogP contribution in [0.5, 0.6) is 0 Å². The van der Waals surface area contributed by atoms with Crippen LogP contribution >= 0.6 is 39.7 Å². The van der Waals surface area contributed by atoms with Crippen LogP contribution in [0.4, 0.5) is 0 Å². The summed E-state index contributed by atoms with van der Waals surface area (Å²) >= 11 is 4.99. The van der Waals surface area contributed by atoms with Crippen LogP contribution in [0.15, 0.2) is 40.2 Å². The molecule has 1 aromatic carbocycles. The highest BCUT2D eigenvalue weighted by atomic mass is 79.9. The van der Waals surface area contributed by atoms with Crippen molar-refractivity contribution < 1.29 is 4.79 Å². The van der Waals surface area contributed by atoms with Crippen molar-refractivity contribution in [2.45, 2.75) is 24.4 Å². The molecule has 2 atom stereocenters. The van der Waals surface area contributed by atoms with Gasteiger partial charge in [0.1, 0.15) is 0 Å². The monoisotopic (exact) mass is 454 g/mol. The Morgan fingerprint density at radius 3 is 2.92 bits per heavy atom. The van der Waals surface area contributed by atoms with Crippen molar-refractivity contribution in [2.24, 2.45) is 5.73 Å². The maximum atomic E-state index is 12.7. The number of nitriles is 1. The summed E-state index contributed by atoms with van der Waals surface area (Å²) in [6.07, 6.45) is 1.24. The second-order valence-electron chi connectivity index (χ2n) is 6.19. The minimum atomic E-state index is -0.614. The predicted molar refractivity (Wildman–Crippen MR) is 109 cm³/mol. The largest absolute Gasteiger partial charge is 0.344 e. The quantitative estimate of drug-likeness (QED) is 0.646. The Bertz CT molecular complexity index is 800.